The zero-order chi connectivity index (χ0) is 27.0. The number of thioether (sulfide) groups is 1. The van der Waals surface area contributed by atoms with Gasteiger partial charge in [-0.3, -0.25) is 9.36 Å². The van der Waals surface area contributed by atoms with Gasteiger partial charge >= 0.3 is 0 Å². The molecule has 0 unspecified atom stereocenters. The molecule has 39 heavy (non-hydrogen) atoms. The van der Waals surface area contributed by atoms with E-state index < -0.39 is 0 Å². The highest BCUT2D eigenvalue weighted by Crippen LogP contribution is 2.29. The molecule has 0 aliphatic heterocycles. The Hall–Kier alpha value is -4.40. The molecule has 0 radical (unpaired) electrons. The molecule has 9 heteroatoms. The van der Waals surface area contributed by atoms with E-state index in [0.29, 0.717) is 21.8 Å². The fourth-order valence-electron chi connectivity index (χ4n) is 3.70. The number of ether oxygens (including phenoxy) is 1. The lowest BCUT2D eigenvalue weighted by Crippen LogP contribution is -2.20. The summed E-state index contributed by atoms with van der Waals surface area (Å²) in [6.45, 7) is 2.03. The molecule has 0 aliphatic carbocycles. The Morgan fingerprint density at radius 2 is 1.69 bits per heavy atom. The number of benzene rings is 4. The second-order valence-electron chi connectivity index (χ2n) is 8.55. The van der Waals surface area contributed by atoms with E-state index in [9.17, 15) is 4.79 Å². The Bertz CT molecular complexity index is 1590. The van der Waals surface area contributed by atoms with Gasteiger partial charge in [0.05, 0.1) is 12.0 Å². The number of hydrogen-bond donors (Lipinski definition) is 1. The van der Waals surface area contributed by atoms with Crippen LogP contribution in [0.25, 0.3) is 17.1 Å². The van der Waals surface area contributed by atoms with Crippen LogP contribution in [0.1, 0.15) is 11.1 Å². The molecule has 1 N–H and O–H groups in total. The Labute approximate surface area is 235 Å². The minimum Gasteiger partial charge on any atom is -0.457 e. The minimum absolute atomic E-state index is 0.110. The largest absolute Gasteiger partial charge is 0.457 e. The highest BCUT2D eigenvalue weighted by molar-refractivity contribution is 7.99. The summed E-state index contributed by atoms with van der Waals surface area (Å²) >= 11 is 7.36. The van der Waals surface area contributed by atoms with Crippen LogP contribution >= 0.6 is 23.4 Å². The van der Waals surface area contributed by atoms with Crippen LogP contribution < -0.4 is 10.2 Å². The van der Waals surface area contributed by atoms with E-state index in [2.05, 4.69) is 20.7 Å². The smallest absolute Gasteiger partial charge is 0.250 e. The number of carbonyl (C=O) groups excluding carboxylic acids is 1. The normalized spacial score (nSPS) is 11.0. The molecule has 194 valence electrons. The summed E-state index contributed by atoms with van der Waals surface area (Å²) in [4.78, 5) is 12.6. The maximum atomic E-state index is 12.6. The first-order valence-electron chi connectivity index (χ1n) is 12.1. The van der Waals surface area contributed by atoms with Crippen LogP contribution in [0.2, 0.25) is 5.02 Å². The van der Waals surface area contributed by atoms with Crippen LogP contribution in [0.4, 0.5) is 0 Å². The third-order valence-electron chi connectivity index (χ3n) is 5.60. The third-order valence-corrected chi connectivity index (χ3v) is 6.78. The lowest BCUT2D eigenvalue weighted by atomic mass is 10.2. The van der Waals surface area contributed by atoms with E-state index in [4.69, 9.17) is 16.3 Å². The van der Waals surface area contributed by atoms with Crippen molar-refractivity contribution in [3.05, 3.63) is 119 Å². The molecular formula is C30H24ClN5O2S. The van der Waals surface area contributed by atoms with Crippen molar-refractivity contribution in [1.29, 1.82) is 0 Å². The molecule has 1 aromatic heterocycles. The van der Waals surface area contributed by atoms with Gasteiger partial charge in [0.1, 0.15) is 11.5 Å². The number of hydrogen-bond acceptors (Lipinski definition) is 6. The summed E-state index contributed by atoms with van der Waals surface area (Å²) in [7, 11) is 0. The molecular weight excluding hydrogens is 530 g/mol. The predicted molar refractivity (Wildman–Crippen MR) is 156 cm³/mol. The van der Waals surface area contributed by atoms with Crippen LogP contribution in [-0.4, -0.2) is 32.6 Å². The van der Waals surface area contributed by atoms with Crippen molar-refractivity contribution in [2.75, 3.05) is 5.75 Å². The third kappa shape index (κ3) is 6.93. The molecule has 0 fully saturated rings. The minimum atomic E-state index is -0.264. The van der Waals surface area contributed by atoms with Crippen molar-refractivity contribution >= 4 is 35.5 Å². The zero-order valence-corrected chi connectivity index (χ0v) is 22.6. The van der Waals surface area contributed by atoms with Gasteiger partial charge < -0.3 is 4.74 Å². The van der Waals surface area contributed by atoms with Crippen LogP contribution in [0.5, 0.6) is 11.5 Å². The van der Waals surface area contributed by atoms with E-state index in [1.165, 1.54) is 11.8 Å². The summed E-state index contributed by atoms with van der Waals surface area (Å²) in [6.07, 6.45) is 1.58. The van der Waals surface area contributed by atoms with Gasteiger partial charge in [-0.05, 0) is 73.2 Å². The number of aromatic nitrogens is 3. The number of nitrogens with one attached hydrogen (secondary N) is 1. The fraction of sp³-hybridized carbons (Fsp3) is 0.0667. The number of amides is 1. The topological polar surface area (TPSA) is 81.4 Å². The second kappa shape index (κ2) is 12.4. The fourth-order valence-corrected chi connectivity index (χ4v) is 4.57. The van der Waals surface area contributed by atoms with Crippen molar-refractivity contribution < 1.29 is 9.53 Å². The average molecular weight is 554 g/mol. The van der Waals surface area contributed by atoms with Gasteiger partial charge in [-0.15, -0.1) is 10.2 Å². The molecule has 5 rings (SSSR count). The number of para-hydroxylation sites is 1. The highest BCUT2D eigenvalue weighted by Gasteiger charge is 2.17. The standard InChI is InChI=1S/C30H24ClN5O2S/c1-21-10-16-25(17-11-21)36-29(23-12-14-24(31)15-13-23)34-35-30(36)39-20-28(37)33-32-19-22-6-5-9-27(18-22)38-26-7-3-2-4-8-26/h2-19H,20H2,1H3,(H,33,37)/b32-19-. The number of carbonyl (C=O) groups is 1. The first-order valence-corrected chi connectivity index (χ1v) is 13.5. The quantitative estimate of drug-likeness (QED) is 0.122. The van der Waals surface area contributed by atoms with Crippen molar-refractivity contribution in [2.45, 2.75) is 12.1 Å². The first-order chi connectivity index (χ1) is 19.0. The summed E-state index contributed by atoms with van der Waals surface area (Å²) in [6, 6.07) is 32.5. The number of hydrazone groups is 1. The van der Waals surface area contributed by atoms with Crippen molar-refractivity contribution in [3.63, 3.8) is 0 Å². The van der Waals surface area contributed by atoms with E-state index in [1.807, 2.05) is 115 Å². The number of aryl methyl sites for hydroxylation is 1. The first kappa shape index (κ1) is 26.2. The SMILES string of the molecule is Cc1ccc(-n2c(SCC(=O)N/N=C\c3cccc(Oc4ccccc4)c3)nnc2-c2ccc(Cl)cc2)cc1. The van der Waals surface area contributed by atoms with Crippen LogP contribution in [0, 0.1) is 6.92 Å². The summed E-state index contributed by atoms with van der Waals surface area (Å²) in [5, 5.41) is 14.1. The molecule has 0 spiro atoms. The van der Waals surface area contributed by atoms with Gasteiger partial charge in [0.15, 0.2) is 11.0 Å². The monoisotopic (exact) mass is 553 g/mol. The van der Waals surface area contributed by atoms with Gasteiger partial charge in [-0.25, -0.2) is 5.43 Å². The van der Waals surface area contributed by atoms with Crippen molar-refractivity contribution in [1.82, 2.24) is 20.2 Å². The summed E-state index contributed by atoms with van der Waals surface area (Å²) < 4.78 is 7.79. The second-order valence-corrected chi connectivity index (χ2v) is 9.93. The van der Waals surface area contributed by atoms with Gasteiger partial charge in [-0.1, -0.05) is 71.4 Å². The van der Waals surface area contributed by atoms with Crippen LogP contribution in [-0.2, 0) is 4.79 Å². The van der Waals surface area contributed by atoms with E-state index in [-0.39, 0.29) is 11.7 Å². The average Bonchev–Trinajstić information content (AvgIpc) is 3.37. The van der Waals surface area contributed by atoms with Crippen LogP contribution in [0.3, 0.4) is 0 Å². The number of halogens is 1. The summed E-state index contributed by atoms with van der Waals surface area (Å²) in [5.74, 6) is 1.93. The van der Waals surface area contributed by atoms with Crippen LogP contribution in [0.15, 0.2) is 113 Å². The van der Waals surface area contributed by atoms with Gasteiger partial charge in [0, 0.05) is 16.3 Å². The molecule has 1 amide bonds. The number of nitrogens with zero attached hydrogens (tertiary/aromatic N) is 4. The highest BCUT2D eigenvalue weighted by atomic mass is 35.5. The maximum Gasteiger partial charge on any atom is 0.250 e. The van der Waals surface area contributed by atoms with Crippen molar-refractivity contribution in [3.8, 4) is 28.6 Å². The molecule has 4 aromatic carbocycles. The molecule has 0 saturated heterocycles. The van der Waals surface area contributed by atoms with E-state index in [0.717, 1.165) is 28.1 Å². The van der Waals surface area contributed by atoms with Gasteiger partial charge in [0.25, 0.3) is 5.91 Å². The molecule has 7 nitrogen and oxygen atoms in total. The Balaban J connectivity index is 1.25. The molecule has 0 aliphatic rings. The Morgan fingerprint density at radius 3 is 2.46 bits per heavy atom. The van der Waals surface area contributed by atoms with Gasteiger partial charge in [-0.2, -0.15) is 5.10 Å². The molecule has 0 bridgehead atoms. The Morgan fingerprint density at radius 1 is 0.949 bits per heavy atom. The van der Waals surface area contributed by atoms with E-state index >= 15 is 0 Å². The maximum absolute atomic E-state index is 12.6. The lowest BCUT2D eigenvalue weighted by Gasteiger charge is -2.10. The molecule has 0 atom stereocenters. The van der Waals surface area contributed by atoms with Gasteiger partial charge in [0.2, 0.25) is 0 Å². The Kier molecular flexibility index (Phi) is 8.36. The van der Waals surface area contributed by atoms with E-state index in [1.54, 1.807) is 6.21 Å². The molecule has 5 aromatic rings. The number of rotatable bonds is 9. The molecule has 0 saturated carbocycles. The predicted octanol–water partition coefficient (Wildman–Crippen LogP) is 6.93. The van der Waals surface area contributed by atoms with Crippen molar-refractivity contribution in [2.24, 2.45) is 5.10 Å². The molecule has 1 heterocycles. The zero-order valence-electron chi connectivity index (χ0n) is 21.0. The lowest BCUT2D eigenvalue weighted by molar-refractivity contribution is -0.118. The summed E-state index contributed by atoms with van der Waals surface area (Å²) in [5.41, 5.74) is 6.28.